The molecule has 0 aliphatic rings. The van der Waals surface area contributed by atoms with Crippen LogP contribution < -0.4 is 5.32 Å². The third kappa shape index (κ3) is 2.08. The third-order valence-corrected chi connectivity index (χ3v) is 1.27. The van der Waals surface area contributed by atoms with Crippen LogP contribution in [0, 0.1) is 6.54 Å². The summed E-state index contributed by atoms with van der Waals surface area (Å²) in [5, 5.41) is 2.47. The molecule has 1 amide bonds. The lowest BCUT2D eigenvalue weighted by molar-refractivity contribution is 0.0964. The van der Waals surface area contributed by atoms with E-state index in [1.807, 2.05) is 18.2 Å². The minimum Gasteiger partial charge on any atom is -0.342 e. The van der Waals surface area contributed by atoms with E-state index in [0.717, 1.165) is 0 Å². The van der Waals surface area contributed by atoms with Crippen LogP contribution in [-0.4, -0.2) is 5.91 Å². The van der Waals surface area contributed by atoms with Gasteiger partial charge in [0.25, 0.3) is 5.91 Å². The van der Waals surface area contributed by atoms with Crippen molar-refractivity contribution in [2.45, 2.75) is 6.92 Å². The average molecular weight is 147 g/mol. The number of nitrogens with one attached hydrogen (secondary N) is 1. The molecule has 0 aromatic heterocycles. The fraction of sp³-hybridized carbons (Fsp3) is 0.111. The molecule has 0 aliphatic heterocycles. The van der Waals surface area contributed by atoms with Crippen molar-refractivity contribution < 1.29 is 4.79 Å². The summed E-state index contributed by atoms with van der Waals surface area (Å²) < 4.78 is 0. The van der Waals surface area contributed by atoms with Crippen molar-refractivity contribution in [1.29, 1.82) is 0 Å². The molecule has 0 aliphatic carbocycles. The van der Waals surface area contributed by atoms with Gasteiger partial charge in [0.05, 0.1) is 6.54 Å². The molecule has 0 saturated heterocycles. The maximum Gasteiger partial charge on any atom is 0.251 e. The van der Waals surface area contributed by atoms with Crippen molar-refractivity contribution in [2.75, 3.05) is 0 Å². The van der Waals surface area contributed by atoms with Crippen LogP contribution in [0.4, 0.5) is 0 Å². The molecule has 2 radical (unpaired) electrons. The van der Waals surface area contributed by atoms with E-state index in [-0.39, 0.29) is 5.91 Å². The van der Waals surface area contributed by atoms with Gasteiger partial charge in [-0.1, -0.05) is 18.2 Å². The van der Waals surface area contributed by atoms with Crippen molar-refractivity contribution in [3.05, 3.63) is 42.4 Å². The lowest BCUT2D eigenvalue weighted by Gasteiger charge is -1.98. The average Bonchev–Trinajstić information content (AvgIpc) is 2.07. The second kappa shape index (κ2) is 3.76. The summed E-state index contributed by atoms with van der Waals surface area (Å²) >= 11 is 0. The van der Waals surface area contributed by atoms with Gasteiger partial charge >= 0.3 is 0 Å². The monoisotopic (exact) mass is 147 g/mol. The summed E-state index contributed by atoms with van der Waals surface area (Å²) in [5.41, 5.74) is 0.654. The lowest BCUT2D eigenvalue weighted by Crippen LogP contribution is -2.18. The quantitative estimate of drug-likeness (QED) is 0.630. The number of rotatable bonds is 2. The Hall–Kier alpha value is -1.31. The van der Waals surface area contributed by atoms with E-state index in [9.17, 15) is 4.79 Å². The molecule has 0 fully saturated rings. The standard InChI is InChI=1S/C9H9NO/c1-2-10-9(11)8-6-4-3-5-7-8/h3-7H,1H3,(H,10,11). The highest BCUT2D eigenvalue weighted by Gasteiger charge is 2.00. The van der Waals surface area contributed by atoms with Gasteiger partial charge in [0.2, 0.25) is 0 Å². The second-order valence-electron chi connectivity index (χ2n) is 2.07. The Bertz CT molecular complexity index is 231. The zero-order valence-corrected chi connectivity index (χ0v) is 6.29. The molecular formula is C9H9NO. The molecule has 0 unspecified atom stereocenters. The van der Waals surface area contributed by atoms with E-state index in [1.165, 1.54) is 0 Å². The summed E-state index contributed by atoms with van der Waals surface area (Å²) in [5.74, 6) is -0.117. The highest BCUT2D eigenvalue weighted by atomic mass is 16.1. The molecule has 0 saturated carbocycles. The van der Waals surface area contributed by atoms with Crippen LogP contribution in [0.3, 0.4) is 0 Å². The minimum absolute atomic E-state index is 0.117. The second-order valence-corrected chi connectivity index (χ2v) is 2.07. The first kappa shape index (κ1) is 7.79. The van der Waals surface area contributed by atoms with Gasteiger partial charge in [-0.05, 0) is 19.1 Å². The van der Waals surface area contributed by atoms with Gasteiger partial charge in [0.15, 0.2) is 0 Å². The van der Waals surface area contributed by atoms with Crippen molar-refractivity contribution >= 4 is 5.91 Å². The topological polar surface area (TPSA) is 29.1 Å². The zero-order valence-electron chi connectivity index (χ0n) is 6.29. The number of benzene rings is 1. The Balaban J connectivity index is 2.69. The Kier molecular flexibility index (Phi) is 2.66. The summed E-state index contributed by atoms with van der Waals surface area (Å²) in [6.45, 7) is 4.22. The number of amides is 1. The Morgan fingerprint density at radius 1 is 1.36 bits per heavy atom. The van der Waals surface area contributed by atoms with Gasteiger partial charge in [-0.3, -0.25) is 4.79 Å². The van der Waals surface area contributed by atoms with Gasteiger partial charge in [-0.2, -0.15) is 0 Å². The van der Waals surface area contributed by atoms with Gasteiger partial charge in [-0.25, -0.2) is 0 Å². The van der Waals surface area contributed by atoms with E-state index in [4.69, 9.17) is 0 Å². The zero-order chi connectivity index (χ0) is 8.10. The number of hydrogen-bond acceptors (Lipinski definition) is 1. The van der Waals surface area contributed by atoms with E-state index < -0.39 is 0 Å². The van der Waals surface area contributed by atoms with Gasteiger partial charge in [0.1, 0.15) is 0 Å². The summed E-state index contributed by atoms with van der Waals surface area (Å²) in [6, 6.07) is 9.03. The molecule has 1 N–H and O–H groups in total. The molecule has 1 rings (SSSR count). The third-order valence-electron chi connectivity index (χ3n) is 1.27. The maximum absolute atomic E-state index is 11.1. The first-order chi connectivity index (χ1) is 5.34. The van der Waals surface area contributed by atoms with Crippen LogP contribution in [0.5, 0.6) is 0 Å². The van der Waals surface area contributed by atoms with Gasteiger partial charge in [0, 0.05) is 5.56 Å². The maximum atomic E-state index is 11.1. The molecule has 1 aromatic rings. The molecule has 2 nitrogen and oxygen atoms in total. The van der Waals surface area contributed by atoms with E-state index >= 15 is 0 Å². The number of carbonyl (C=O) groups is 1. The van der Waals surface area contributed by atoms with Gasteiger partial charge in [-0.15, -0.1) is 0 Å². The summed E-state index contributed by atoms with van der Waals surface area (Å²) in [7, 11) is 0. The van der Waals surface area contributed by atoms with Gasteiger partial charge < -0.3 is 5.32 Å². The molecule has 0 atom stereocenters. The SMILES string of the molecule is C[C]NC(=O)c1ccccc1. The van der Waals surface area contributed by atoms with Crippen LogP contribution in [-0.2, 0) is 0 Å². The summed E-state index contributed by atoms with van der Waals surface area (Å²) in [4.78, 5) is 11.1. The Labute approximate surface area is 66.2 Å². The van der Waals surface area contributed by atoms with Crippen molar-refractivity contribution in [3.8, 4) is 0 Å². The molecule has 2 heteroatoms. The fourth-order valence-corrected chi connectivity index (χ4v) is 0.775. The molecule has 11 heavy (non-hydrogen) atoms. The van der Waals surface area contributed by atoms with Crippen LogP contribution >= 0.6 is 0 Å². The minimum atomic E-state index is -0.117. The van der Waals surface area contributed by atoms with E-state index in [1.54, 1.807) is 19.1 Å². The normalized spacial score (nSPS) is 9.18. The van der Waals surface area contributed by atoms with Crippen LogP contribution in [0.2, 0.25) is 0 Å². The Morgan fingerprint density at radius 3 is 2.55 bits per heavy atom. The molecule has 0 bridgehead atoms. The first-order valence-electron chi connectivity index (χ1n) is 3.36. The molecule has 1 aromatic carbocycles. The Morgan fingerprint density at radius 2 is 2.00 bits per heavy atom. The van der Waals surface area contributed by atoms with E-state index in [0.29, 0.717) is 5.56 Å². The number of carbonyl (C=O) groups excluding carboxylic acids is 1. The molecule has 0 heterocycles. The molecule has 56 valence electrons. The lowest BCUT2D eigenvalue weighted by atomic mass is 10.2. The van der Waals surface area contributed by atoms with Crippen molar-refractivity contribution in [2.24, 2.45) is 0 Å². The first-order valence-corrected chi connectivity index (χ1v) is 3.36. The largest absolute Gasteiger partial charge is 0.342 e. The molecule has 0 spiro atoms. The van der Waals surface area contributed by atoms with Crippen molar-refractivity contribution in [1.82, 2.24) is 5.32 Å². The number of hydrogen-bond donors (Lipinski definition) is 1. The van der Waals surface area contributed by atoms with Crippen molar-refractivity contribution in [3.63, 3.8) is 0 Å². The fourth-order valence-electron chi connectivity index (χ4n) is 0.775. The van der Waals surface area contributed by atoms with E-state index in [2.05, 4.69) is 11.9 Å². The predicted molar refractivity (Wildman–Crippen MR) is 42.8 cm³/mol. The highest BCUT2D eigenvalue weighted by Crippen LogP contribution is 1.97. The van der Waals surface area contributed by atoms with Crippen LogP contribution in [0.25, 0.3) is 0 Å². The smallest absolute Gasteiger partial charge is 0.251 e. The predicted octanol–water partition coefficient (Wildman–Crippen LogP) is 1.48. The van der Waals surface area contributed by atoms with Crippen LogP contribution in [0.15, 0.2) is 30.3 Å². The molecular weight excluding hydrogens is 138 g/mol. The van der Waals surface area contributed by atoms with Crippen LogP contribution in [0.1, 0.15) is 17.3 Å². The summed E-state index contributed by atoms with van der Waals surface area (Å²) in [6.07, 6.45) is 0. The highest BCUT2D eigenvalue weighted by molar-refractivity contribution is 5.94.